The summed E-state index contributed by atoms with van der Waals surface area (Å²) in [7, 11) is 0. The lowest BCUT2D eigenvalue weighted by Gasteiger charge is -2.07. The molecule has 0 saturated carbocycles. The van der Waals surface area contributed by atoms with Gasteiger partial charge < -0.3 is 5.32 Å². The van der Waals surface area contributed by atoms with Gasteiger partial charge in [0.05, 0.1) is 5.75 Å². The molecule has 2 nitrogen and oxygen atoms in total. The summed E-state index contributed by atoms with van der Waals surface area (Å²) in [6.07, 6.45) is 0. The number of thioether (sulfide) groups is 1. The van der Waals surface area contributed by atoms with Crippen LogP contribution in [0.3, 0.4) is 0 Å². The zero-order valence-corrected chi connectivity index (χ0v) is 11.0. The number of hydrogen-bond acceptors (Lipinski definition) is 2. The van der Waals surface area contributed by atoms with Crippen molar-refractivity contribution in [2.24, 2.45) is 0 Å². The molecule has 1 aromatic carbocycles. The molecule has 0 saturated heterocycles. The first kappa shape index (κ1) is 13.1. The number of rotatable bonds is 5. The average Bonchev–Trinajstić information content (AvgIpc) is 2.23. The Morgan fingerprint density at radius 1 is 1.38 bits per heavy atom. The Bertz CT molecular complexity index is 363. The summed E-state index contributed by atoms with van der Waals surface area (Å²) in [5, 5.41) is 2.80. The fourth-order valence-electron chi connectivity index (χ4n) is 1.46. The largest absolute Gasteiger partial charge is 0.356 e. The first-order valence-electron chi connectivity index (χ1n) is 5.54. The molecule has 1 N–H and O–H groups in total. The van der Waals surface area contributed by atoms with Crippen LogP contribution in [0.15, 0.2) is 18.2 Å². The minimum Gasteiger partial charge on any atom is -0.356 e. The Balaban J connectivity index is 2.42. The lowest BCUT2D eigenvalue weighted by Crippen LogP contribution is -2.24. The van der Waals surface area contributed by atoms with Gasteiger partial charge in [-0.3, -0.25) is 4.79 Å². The van der Waals surface area contributed by atoms with Crippen LogP contribution in [0.1, 0.15) is 23.6 Å². The third kappa shape index (κ3) is 4.27. The highest BCUT2D eigenvalue weighted by Gasteiger charge is 2.02. The maximum absolute atomic E-state index is 11.3. The molecule has 1 amide bonds. The van der Waals surface area contributed by atoms with Crippen molar-refractivity contribution in [3.05, 3.63) is 34.9 Å². The van der Waals surface area contributed by atoms with Gasteiger partial charge in [0, 0.05) is 12.3 Å². The summed E-state index contributed by atoms with van der Waals surface area (Å²) in [6, 6.07) is 6.45. The molecule has 1 aromatic rings. The van der Waals surface area contributed by atoms with Gasteiger partial charge in [0.1, 0.15) is 0 Å². The molecule has 0 aliphatic rings. The Hall–Kier alpha value is -0.960. The van der Waals surface area contributed by atoms with E-state index < -0.39 is 0 Å². The van der Waals surface area contributed by atoms with Crippen LogP contribution < -0.4 is 5.32 Å². The zero-order chi connectivity index (χ0) is 12.0. The lowest BCUT2D eigenvalue weighted by atomic mass is 10.1. The molecule has 1 rings (SSSR count). The molecule has 0 bridgehead atoms. The summed E-state index contributed by atoms with van der Waals surface area (Å²) >= 11 is 1.67. The first-order chi connectivity index (χ1) is 7.63. The summed E-state index contributed by atoms with van der Waals surface area (Å²) in [6.45, 7) is 6.86. The van der Waals surface area contributed by atoms with Crippen LogP contribution in [-0.2, 0) is 10.5 Å². The van der Waals surface area contributed by atoms with Gasteiger partial charge in [-0.2, -0.15) is 0 Å². The highest BCUT2D eigenvalue weighted by atomic mass is 32.2. The van der Waals surface area contributed by atoms with Crippen LogP contribution in [0.5, 0.6) is 0 Å². The summed E-state index contributed by atoms with van der Waals surface area (Å²) in [5.41, 5.74) is 3.91. The van der Waals surface area contributed by atoms with E-state index in [9.17, 15) is 4.79 Å². The maximum Gasteiger partial charge on any atom is 0.229 e. The van der Waals surface area contributed by atoms with Crippen molar-refractivity contribution < 1.29 is 4.79 Å². The quantitative estimate of drug-likeness (QED) is 0.853. The third-order valence-corrected chi connectivity index (χ3v) is 3.35. The van der Waals surface area contributed by atoms with E-state index >= 15 is 0 Å². The molecular weight excluding hydrogens is 218 g/mol. The molecule has 16 heavy (non-hydrogen) atoms. The van der Waals surface area contributed by atoms with Crippen molar-refractivity contribution in [3.8, 4) is 0 Å². The molecule has 0 spiro atoms. The molecule has 0 unspecified atom stereocenters. The van der Waals surface area contributed by atoms with E-state index in [0.717, 1.165) is 5.75 Å². The molecule has 3 heteroatoms. The van der Waals surface area contributed by atoms with E-state index in [4.69, 9.17) is 0 Å². The molecule has 0 aliphatic carbocycles. The summed E-state index contributed by atoms with van der Waals surface area (Å²) in [4.78, 5) is 11.3. The second-order valence-electron chi connectivity index (χ2n) is 3.88. The smallest absolute Gasteiger partial charge is 0.229 e. The monoisotopic (exact) mass is 237 g/mol. The Labute approximate surface area is 102 Å². The van der Waals surface area contributed by atoms with Crippen molar-refractivity contribution in [2.45, 2.75) is 26.5 Å². The fraction of sp³-hybridized carbons (Fsp3) is 0.462. The lowest BCUT2D eigenvalue weighted by molar-refractivity contribution is -0.118. The molecule has 0 aliphatic heterocycles. The predicted molar refractivity (Wildman–Crippen MR) is 70.8 cm³/mol. The van der Waals surface area contributed by atoms with Gasteiger partial charge in [-0.25, -0.2) is 0 Å². The number of benzene rings is 1. The fourth-order valence-corrected chi connectivity index (χ4v) is 2.38. The molecule has 0 heterocycles. The van der Waals surface area contributed by atoms with Crippen LogP contribution >= 0.6 is 11.8 Å². The number of amides is 1. The molecular formula is C13H19NOS. The van der Waals surface area contributed by atoms with Crippen molar-refractivity contribution >= 4 is 17.7 Å². The van der Waals surface area contributed by atoms with Gasteiger partial charge in [0.25, 0.3) is 0 Å². The minimum atomic E-state index is 0.123. The SMILES string of the molecule is CCNC(=O)CSCc1cc(C)ccc1C. The van der Waals surface area contributed by atoms with Crippen LogP contribution in [0.2, 0.25) is 0 Å². The van der Waals surface area contributed by atoms with E-state index in [-0.39, 0.29) is 5.91 Å². The van der Waals surface area contributed by atoms with Crippen LogP contribution in [0, 0.1) is 13.8 Å². The normalized spacial score (nSPS) is 10.2. The van der Waals surface area contributed by atoms with E-state index in [1.54, 1.807) is 11.8 Å². The van der Waals surface area contributed by atoms with Crippen molar-refractivity contribution in [2.75, 3.05) is 12.3 Å². The topological polar surface area (TPSA) is 29.1 Å². The van der Waals surface area contributed by atoms with E-state index in [0.29, 0.717) is 12.3 Å². The van der Waals surface area contributed by atoms with E-state index in [2.05, 4.69) is 37.4 Å². The van der Waals surface area contributed by atoms with Gasteiger partial charge in [0.2, 0.25) is 5.91 Å². The minimum absolute atomic E-state index is 0.123. The summed E-state index contributed by atoms with van der Waals surface area (Å²) in [5.74, 6) is 1.57. The molecule has 0 fully saturated rings. The Morgan fingerprint density at radius 2 is 2.12 bits per heavy atom. The average molecular weight is 237 g/mol. The van der Waals surface area contributed by atoms with Crippen LogP contribution in [0.4, 0.5) is 0 Å². The number of carbonyl (C=O) groups is 1. The highest BCUT2D eigenvalue weighted by Crippen LogP contribution is 2.17. The third-order valence-electron chi connectivity index (χ3n) is 2.37. The predicted octanol–water partition coefficient (Wildman–Crippen LogP) is 2.67. The van der Waals surface area contributed by atoms with Gasteiger partial charge in [-0.15, -0.1) is 11.8 Å². The zero-order valence-electron chi connectivity index (χ0n) is 10.2. The molecule has 88 valence electrons. The first-order valence-corrected chi connectivity index (χ1v) is 6.69. The van der Waals surface area contributed by atoms with Gasteiger partial charge in [-0.05, 0) is 31.9 Å². The number of nitrogens with one attached hydrogen (secondary N) is 1. The van der Waals surface area contributed by atoms with Crippen LogP contribution in [-0.4, -0.2) is 18.2 Å². The highest BCUT2D eigenvalue weighted by molar-refractivity contribution is 7.99. The summed E-state index contributed by atoms with van der Waals surface area (Å²) < 4.78 is 0. The van der Waals surface area contributed by atoms with Gasteiger partial charge >= 0.3 is 0 Å². The molecule has 0 atom stereocenters. The van der Waals surface area contributed by atoms with Crippen molar-refractivity contribution in [3.63, 3.8) is 0 Å². The van der Waals surface area contributed by atoms with Crippen molar-refractivity contribution in [1.29, 1.82) is 0 Å². The Kier molecular flexibility index (Phi) is 5.39. The van der Waals surface area contributed by atoms with E-state index in [1.165, 1.54) is 16.7 Å². The van der Waals surface area contributed by atoms with Crippen LogP contribution in [0.25, 0.3) is 0 Å². The number of aryl methyl sites for hydroxylation is 2. The Morgan fingerprint density at radius 3 is 2.81 bits per heavy atom. The molecule has 0 aromatic heterocycles. The van der Waals surface area contributed by atoms with E-state index in [1.807, 2.05) is 6.92 Å². The maximum atomic E-state index is 11.3. The number of carbonyl (C=O) groups excluding carboxylic acids is 1. The standard InChI is InChI=1S/C13H19NOS/c1-4-14-13(15)9-16-8-12-7-10(2)5-6-11(12)3/h5-7H,4,8-9H2,1-3H3,(H,14,15). The second-order valence-corrected chi connectivity index (χ2v) is 4.86. The number of hydrogen-bond donors (Lipinski definition) is 1. The second kappa shape index (κ2) is 6.59. The van der Waals surface area contributed by atoms with Crippen molar-refractivity contribution in [1.82, 2.24) is 5.32 Å². The molecule has 0 radical (unpaired) electrons. The van der Waals surface area contributed by atoms with Gasteiger partial charge in [-0.1, -0.05) is 23.8 Å². The van der Waals surface area contributed by atoms with Gasteiger partial charge in [0.15, 0.2) is 0 Å².